The molecule has 0 aromatic heterocycles. The predicted octanol–water partition coefficient (Wildman–Crippen LogP) is 2.36. The lowest BCUT2D eigenvalue weighted by atomic mass is 10.3. The lowest BCUT2D eigenvalue weighted by molar-refractivity contribution is -0.143. The van der Waals surface area contributed by atoms with E-state index in [0.717, 1.165) is 25.6 Å². The Hall–Kier alpha value is -1.66. The average molecular weight is 342 g/mol. The van der Waals surface area contributed by atoms with Crippen LogP contribution in [0.3, 0.4) is 0 Å². The van der Waals surface area contributed by atoms with Gasteiger partial charge in [-0.15, -0.1) is 0 Å². The lowest BCUT2D eigenvalue weighted by Crippen LogP contribution is -2.42. The molecule has 0 aliphatic carbocycles. The normalized spacial score (nSPS) is 16.3. The Bertz CT molecular complexity index is 595. The molecule has 2 rings (SSSR count). The van der Waals surface area contributed by atoms with Crippen molar-refractivity contribution < 1.29 is 14.0 Å². The Labute approximate surface area is 140 Å². The molecular weight excluding hydrogens is 321 g/mol. The molecule has 1 saturated heterocycles. The minimum atomic E-state index is -0.829. The molecule has 5 nitrogen and oxygen atoms in total. The van der Waals surface area contributed by atoms with Gasteiger partial charge in [0.1, 0.15) is 5.82 Å². The summed E-state index contributed by atoms with van der Waals surface area (Å²) in [6.45, 7) is 6.86. The van der Waals surface area contributed by atoms with Crippen LogP contribution < -0.4 is 5.32 Å². The molecule has 1 aliphatic rings. The molecule has 23 heavy (non-hydrogen) atoms. The van der Waals surface area contributed by atoms with Gasteiger partial charge in [-0.2, -0.15) is 0 Å². The number of hydrogen-bond acceptors (Lipinski definition) is 3. The molecule has 1 N–H and O–H groups in total. The van der Waals surface area contributed by atoms with Crippen LogP contribution in [-0.2, 0) is 9.59 Å². The number of amides is 2. The molecule has 1 heterocycles. The van der Waals surface area contributed by atoms with Crippen LogP contribution in [0.1, 0.15) is 20.3 Å². The van der Waals surface area contributed by atoms with Gasteiger partial charge in [0.2, 0.25) is 0 Å². The quantitative estimate of drug-likeness (QED) is 0.840. The van der Waals surface area contributed by atoms with Crippen molar-refractivity contribution in [3.63, 3.8) is 0 Å². The number of nitrogens with zero attached hydrogens (tertiary/aromatic N) is 2. The van der Waals surface area contributed by atoms with Crippen LogP contribution in [-0.4, -0.2) is 53.8 Å². The van der Waals surface area contributed by atoms with Crippen molar-refractivity contribution in [1.29, 1.82) is 0 Å². The van der Waals surface area contributed by atoms with E-state index in [2.05, 4.69) is 24.1 Å². The van der Waals surface area contributed by atoms with Gasteiger partial charge in [-0.25, -0.2) is 4.39 Å². The number of hydrogen-bond donors (Lipinski definition) is 1. The van der Waals surface area contributed by atoms with Crippen molar-refractivity contribution in [2.45, 2.75) is 26.3 Å². The van der Waals surface area contributed by atoms with Crippen molar-refractivity contribution >= 4 is 29.1 Å². The Balaban J connectivity index is 1.98. The van der Waals surface area contributed by atoms with Crippen LogP contribution >= 0.6 is 11.6 Å². The van der Waals surface area contributed by atoms with E-state index in [1.807, 2.05) is 0 Å². The van der Waals surface area contributed by atoms with Crippen LogP contribution in [0, 0.1) is 5.82 Å². The minimum Gasteiger partial charge on any atom is -0.333 e. The van der Waals surface area contributed by atoms with Crippen molar-refractivity contribution in [1.82, 2.24) is 9.80 Å². The van der Waals surface area contributed by atoms with E-state index < -0.39 is 17.6 Å². The average Bonchev–Trinajstić information content (AvgIpc) is 2.75. The Morgan fingerprint density at radius 1 is 1.22 bits per heavy atom. The third kappa shape index (κ3) is 4.65. The smallest absolute Gasteiger partial charge is 0.313 e. The zero-order valence-corrected chi connectivity index (χ0v) is 14.1. The second-order valence-electron chi connectivity index (χ2n) is 5.85. The van der Waals surface area contributed by atoms with E-state index in [4.69, 9.17) is 11.6 Å². The second kappa shape index (κ2) is 7.75. The molecule has 0 atom stereocenters. The standard InChI is InChI=1S/C16H21ClFN3O2/c1-11(2)20-6-3-7-21(9-8-20)16(23)15(22)19-14-5-4-12(17)10-13(14)18/h4-5,10-11H,3,6-9H2,1-2H3,(H,19,22). The van der Waals surface area contributed by atoms with Crippen LogP contribution in [0.5, 0.6) is 0 Å². The van der Waals surface area contributed by atoms with Gasteiger partial charge < -0.3 is 10.2 Å². The van der Waals surface area contributed by atoms with Gasteiger partial charge in [-0.05, 0) is 38.5 Å². The Morgan fingerprint density at radius 3 is 2.61 bits per heavy atom. The molecule has 0 unspecified atom stereocenters. The van der Waals surface area contributed by atoms with E-state index in [9.17, 15) is 14.0 Å². The first-order valence-corrected chi connectivity index (χ1v) is 8.05. The number of anilines is 1. The van der Waals surface area contributed by atoms with Gasteiger partial charge >= 0.3 is 11.8 Å². The number of carbonyl (C=O) groups excluding carboxylic acids is 2. The lowest BCUT2D eigenvalue weighted by Gasteiger charge is -2.24. The van der Waals surface area contributed by atoms with Crippen LogP contribution in [0.25, 0.3) is 0 Å². The molecule has 2 amide bonds. The predicted molar refractivity (Wildman–Crippen MR) is 87.9 cm³/mol. The SMILES string of the molecule is CC(C)N1CCCN(C(=O)C(=O)Nc2ccc(Cl)cc2F)CC1. The van der Waals surface area contributed by atoms with Gasteiger partial charge in [0.05, 0.1) is 5.69 Å². The molecule has 0 radical (unpaired) electrons. The topological polar surface area (TPSA) is 52.7 Å². The summed E-state index contributed by atoms with van der Waals surface area (Å²) in [7, 11) is 0. The summed E-state index contributed by atoms with van der Waals surface area (Å²) in [6, 6.07) is 4.29. The van der Waals surface area contributed by atoms with Gasteiger partial charge in [0.25, 0.3) is 0 Å². The molecule has 1 aromatic carbocycles. The van der Waals surface area contributed by atoms with Gasteiger partial charge in [0, 0.05) is 37.2 Å². The fraction of sp³-hybridized carbons (Fsp3) is 0.500. The van der Waals surface area contributed by atoms with E-state index in [1.165, 1.54) is 17.0 Å². The van der Waals surface area contributed by atoms with Gasteiger partial charge in [-0.1, -0.05) is 11.6 Å². The van der Waals surface area contributed by atoms with Crippen LogP contribution in [0.2, 0.25) is 5.02 Å². The van der Waals surface area contributed by atoms with Crippen molar-refractivity contribution in [2.75, 3.05) is 31.5 Å². The summed E-state index contributed by atoms with van der Waals surface area (Å²) in [4.78, 5) is 28.1. The number of halogens is 2. The summed E-state index contributed by atoms with van der Waals surface area (Å²) >= 11 is 5.66. The maximum absolute atomic E-state index is 13.7. The summed E-state index contributed by atoms with van der Waals surface area (Å²) in [5.74, 6) is -2.13. The maximum atomic E-state index is 13.7. The molecule has 0 saturated carbocycles. The van der Waals surface area contributed by atoms with E-state index >= 15 is 0 Å². The number of benzene rings is 1. The molecule has 126 valence electrons. The number of nitrogens with one attached hydrogen (secondary N) is 1. The summed E-state index contributed by atoms with van der Waals surface area (Å²) < 4.78 is 13.7. The minimum absolute atomic E-state index is 0.0496. The van der Waals surface area contributed by atoms with Crippen molar-refractivity contribution in [2.24, 2.45) is 0 Å². The van der Waals surface area contributed by atoms with E-state index in [-0.39, 0.29) is 10.7 Å². The van der Waals surface area contributed by atoms with Gasteiger partial charge in [0.15, 0.2) is 0 Å². The van der Waals surface area contributed by atoms with E-state index in [0.29, 0.717) is 19.1 Å². The molecule has 1 aromatic rings. The summed E-state index contributed by atoms with van der Waals surface area (Å²) in [5, 5.41) is 2.54. The third-order valence-corrected chi connectivity index (χ3v) is 4.16. The highest BCUT2D eigenvalue weighted by Crippen LogP contribution is 2.19. The Kier molecular flexibility index (Phi) is 5.96. The first kappa shape index (κ1) is 17.7. The first-order chi connectivity index (χ1) is 10.9. The number of rotatable bonds is 2. The molecule has 7 heteroatoms. The van der Waals surface area contributed by atoms with Crippen LogP contribution in [0.4, 0.5) is 10.1 Å². The fourth-order valence-electron chi connectivity index (χ4n) is 2.57. The third-order valence-electron chi connectivity index (χ3n) is 3.92. The van der Waals surface area contributed by atoms with Crippen LogP contribution in [0.15, 0.2) is 18.2 Å². The summed E-state index contributed by atoms with van der Waals surface area (Å²) in [6.07, 6.45) is 0.812. The molecule has 0 bridgehead atoms. The molecule has 1 fully saturated rings. The first-order valence-electron chi connectivity index (χ1n) is 7.68. The highest BCUT2D eigenvalue weighted by atomic mass is 35.5. The molecule has 1 aliphatic heterocycles. The molecular formula is C16H21ClFN3O2. The maximum Gasteiger partial charge on any atom is 0.313 e. The fourth-order valence-corrected chi connectivity index (χ4v) is 2.73. The zero-order chi connectivity index (χ0) is 17.0. The second-order valence-corrected chi connectivity index (χ2v) is 6.29. The van der Waals surface area contributed by atoms with Crippen molar-refractivity contribution in [3.8, 4) is 0 Å². The highest BCUT2D eigenvalue weighted by molar-refractivity contribution is 6.39. The Morgan fingerprint density at radius 2 is 1.96 bits per heavy atom. The van der Waals surface area contributed by atoms with Crippen molar-refractivity contribution in [3.05, 3.63) is 29.0 Å². The summed E-state index contributed by atoms with van der Waals surface area (Å²) in [5.41, 5.74) is -0.0496. The van der Waals surface area contributed by atoms with Gasteiger partial charge in [-0.3, -0.25) is 14.5 Å². The largest absolute Gasteiger partial charge is 0.333 e. The molecule has 0 spiro atoms. The monoisotopic (exact) mass is 341 g/mol. The number of carbonyl (C=O) groups is 2. The zero-order valence-electron chi connectivity index (χ0n) is 13.3. The van der Waals surface area contributed by atoms with E-state index in [1.54, 1.807) is 0 Å². The highest BCUT2D eigenvalue weighted by Gasteiger charge is 2.25.